The summed E-state index contributed by atoms with van der Waals surface area (Å²) >= 11 is 5.74. The summed E-state index contributed by atoms with van der Waals surface area (Å²) in [4.78, 5) is 14.0. The number of rotatable bonds is 3. The number of likely N-dealkylation sites (tertiary alicyclic amines) is 1. The van der Waals surface area contributed by atoms with Crippen LogP contribution >= 0.6 is 11.6 Å². The Kier molecular flexibility index (Phi) is 4.60. The molecule has 0 aromatic carbocycles. The zero-order chi connectivity index (χ0) is 17.4. The van der Waals surface area contributed by atoms with Gasteiger partial charge in [-0.1, -0.05) is 11.6 Å². The summed E-state index contributed by atoms with van der Waals surface area (Å²) < 4.78 is 5.46. The van der Waals surface area contributed by atoms with E-state index in [2.05, 4.69) is 15.5 Å². The minimum Gasteiger partial charge on any atom is -0.444 e. The molecule has 24 heavy (non-hydrogen) atoms. The second-order valence-corrected chi connectivity index (χ2v) is 8.24. The van der Waals surface area contributed by atoms with E-state index in [9.17, 15) is 4.79 Å². The topological polar surface area (TPSA) is 67.3 Å². The highest BCUT2D eigenvalue weighted by molar-refractivity contribution is 6.29. The molecule has 2 fully saturated rings. The Morgan fingerprint density at radius 1 is 1.38 bits per heavy atom. The molecule has 7 heteroatoms. The number of piperidine rings is 1. The molecule has 1 aliphatic carbocycles. The average molecular weight is 353 g/mol. The van der Waals surface area contributed by atoms with Gasteiger partial charge in [-0.15, -0.1) is 10.2 Å². The number of aromatic nitrogens is 2. The predicted octanol–water partition coefficient (Wildman–Crippen LogP) is 3.58. The lowest BCUT2D eigenvalue weighted by Gasteiger charge is -2.34. The van der Waals surface area contributed by atoms with Crippen molar-refractivity contribution in [3.63, 3.8) is 0 Å². The predicted molar refractivity (Wildman–Crippen MR) is 93.1 cm³/mol. The fourth-order valence-corrected chi connectivity index (χ4v) is 3.53. The minimum atomic E-state index is -0.433. The molecule has 132 valence electrons. The third-order valence-electron chi connectivity index (χ3n) is 4.93. The quantitative estimate of drug-likeness (QED) is 0.900. The van der Waals surface area contributed by atoms with Gasteiger partial charge in [-0.3, -0.25) is 0 Å². The van der Waals surface area contributed by atoms with Gasteiger partial charge in [0.1, 0.15) is 11.4 Å². The van der Waals surface area contributed by atoms with E-state index >= 15 is 0 Å². The Labute approximate surface area is 147 Å². The van der Waals surface area contributed by atoms with Gasteiger partial charge in [-0.25, -0.2) is 4.79 Å². The molecule has 2 heterocycles. The molecule has 1 aromatic heterocycles. The molecule has 1 saturated heterocycles. The van der Waals surface area contributed by atoms with Crippen LogP contribution in [0.4, 0.5) is 10.6 Å². The maximum Gasteiger partial charge on any atom is 0.410 e. The third-order valence-corrected chi connectivity index (χ3v) is 5.13. The van der Waals surface area contributed by atoms with Gasteiger partial charge in [0.25, 0.3) is 0 Å². The van der Waals surface area contributed by atoms with Crippen molar-refractivity contribution < 1.29 is 9.53 Å². The molecule has 1 N–H and O–H groups in total. The van der Waals surface area contributed by atoms with Crippen LogP contribution in [0, 0.1) is 11.3 Å². The zero-order valence-electron chi connectivity index (χ0n) is 14.5. The van der Waals surface area contributed by atoms with E-state index in [4.69, 9.17) is 16.3 Å². The molecule has 0 radical (unpaired) electrons. The van der Waals surface area contributed by atoms with Crippen LogP contribution in [0.2, 0.25) is 5.15 Å². The van der Waals surface area contributed by atoms with Gasteiger partial charge >= 0.3 is 6.09 Å². The van der Waals surface area contributed by atoms with Crippen LogP contribution in [0.25, 0.3) is 0 Å². The number of carbonyl (C=O) groups excluding carboxylic acids is 1. The van der Waals surface area contributed by atoms with Gasteiger partial charge in [0.15, 0.2) is 5.15 Å². The van der Waals surface area contributed by atoms with Crippen LogP contribution in [0.15, 0.2) is 12.1 Å². The van der Waals surface area contributed by atoms with Crippen molar-refractivity contribution in [3.8, 4) is 0 Å². The summed E-state index contributed by atoms with van der Waals surface area (Å²) in [5.41, 5.74) is -0.0523. The maximum atomic E-state index is 12.1. The molecule has 1 spiro atoms. The fourth-order valence-electron chi connectivity index (χ4n) is 3.43. The van der Waals surface area contributed by atoms with E-state index in [1.54, 1.807) is 6.07 Å². The lowest BCUT2D eigenvalue weighted by molar-refractivity contribution is 0.0166. The first kappa shape index (κ1) is 17.3. The van der Waals surface area contributed by atoms with Crippen molar-refractivity contribution in [1.29, 1.82) is 0 Å². The lowest BCUT2D eigenvalue weighted by Crippen LogP contribution is -2.42. The van der Waals surface area contributed by atoms with Crippen LogP contribution in [0.5, 0.6) is 0 Å². The van der Waals surface area contributed by atoms with E-state index in [0.29, 0.717) is 16.5 Å². The molecule has 1 amide bonds. The van der Waals surface area contributed by atoms with Crippen LogP contribution in [0.3, 0.4) is 0 Å². The van der Waals surface area contributed by atoms with Crippen molar-refractivity contribution in [3.05, 3.63) is 17.3 Å². The van der Waals surface area contributed by atoms with Crippen LogP contribution in [0.1, 0.15) is 40.0 Å². The molecule has 3 rings (SSSR count). The molecule has 6 nitrogen and oxygen atoms in total. The highest BCUT2D eigenvalue weighted by atomic mass is 35.5. The zero-order valence-corrected chi connectivity index (χ0v) is 15.3. The normalized spacial score (nSPS) is 22.3. The van der Waals surface area contributed by atoms with Crippen molar-refractivity contribution >= 4 is 23.5 Å². The van der Waals surface area contributed by atoms with Crippen molar-refractivity contribution in [2.45, 2.75) is 45.6 Å². The molecule has 1 aliphatic heterocycles. The Bertz CT molecular complexity index is 592. The van der Waals surface area contributed by atoms with Crippen molar-refractivity contribution in [2.24, 2.45) is 11.3 Å². The molecule has 0 unspecified atom stereocenters. The monoisotopic (exact) mass is 352 g/mol. The molecular weight excluding hydrogens is 328 g/mol. The second-order valence-electron chi connectivity index (χ2n) is 7.85. The molecular formula is C17H25ClN4O2. The summed E-state index contributed by atoms with van der Waals surface area (Å²) in [7, 11) is 0. The number of nitrogens with zero attached hydrogens (tertiary/aromatic N) is 3. The molecule has 0 bridgehead atoms. The average Bonchev–Trinajstić information content (AvgIpc) is 3.18. The number of anilines is 1. The summed E-state index contributed by atoms with van der Waals surface area (Å²) in [6, 6.07) is 3.58. The highest BCUT2D eigenvalue weighted by Gasteiger charge is 2.54. The summed E-state index contributed by atoms with van der Waals surface area (Å²) in [5.74, 6) is 1.39. The fraction of sp³-hybridized carbons (Fsp3) is 0.706. The number of halogens is 1. The van der Waals surface area contributed by atoms with E-state index in [-0.39, 0.29) is 6.09 Å². The Morgan fingerprint density at radius 2 is 2.08 bits per heavy atom. The van der Waals surface area contributed by atoms with Gasteiger partial charge in [0, 0.05) is 19.6 Å². The number of ether oxygens (including phenoxy) is 1. The molecule has 2 aliphatic rings. The third kappa shape index (κ3) is 4.09. The van der Waals surface area contributed by atoms with Crippen molar-refractivity contribution in [1.82, 2.24) is 15.1 Å². The number of hydrogen-bond acceptors (Lipinski definition) is 5. The Balaban J connectivity index is 1.44. The first-order valence-electron chi connectivity index (χ1n) is 8.48. The largest absolute Gasteiger partial charge is 0.444 e. The van der Waals surface area contributed by atoms with Crippen LogP contribution in [-0.2, 0) is 4.74 Å². The van der Waals surface area contributed by atoms with E-state index < -0.39 is 5.60 Å². The SMILES string of the molecule is CC(C)(C)OC(=O)N1CCC2(CC1)C[C@H]2CNc1ccc(Cl)nn1. The summed E-state index contributed by atoms with van der Waals surface area (Å²) in [5, 5.41) is 11.6. The summed E-state index contributed by atoms with van der Waals surface area (Å²) in [6.07, 6.45) is 3.11. The molecule has 1 saturated carbocycles. The van der Waals surface area contributed by atoms with Crippen LogP contribution < -0.4 is 5.32 Å². The maximum absolute atomic E-state index is 12.1. The smallest absolute Gasteiger partial charge is 0.410 e. The van der Waals surface area contributed by atoms with E-state index in [1.807, 2.05) is 31.7 Å². The Morgan fingerprint density at radius 3 is 2.67 bits per heavy atom. The van der Waals surface area contributed by atoms with Crippen molar-refractivity contribution in [2.75, 3.05) is 25.0 Å². The first-order chi connectivity index (χ1) is 11.3. The molecule has 1 aromatic rings. The van der Waals surface area contributed by atoms with Gasteiger partial charge in [-0.2, -0.15) is 0 Å². The van der Waals surface area contributed by atoms with Crippen LogP contribution in [-0.4, -0.2) is 46.4 Å². The molecule has 1 atom stereocenters. The number of nitrogens with one attached hydrogen (secondary N) is 1. The van der Waals surface area contributed by atoms with Gasteiger partial charge < -0.3 is 15.0 Å². The number of hydrogen-bond donors (Lipinski definition) is 1. The highest BCUT2D eigenvalue weighted by Crippen LogP contribution is 2.59. The van der Waals surface area contributed by atoms with E-state index in [1.165, 1.54) is 6.42 Å². The van der Waals surface area contributed by atoms with Gasteiger partial charge in [0.05, 0.1) is 0 Å². The number of carbonyl (C=O) groups is 1. The first-order valence-corrected chi connectivity index (χ1v) is 8.86. The van der Waals surface area contributed by atoms with Gasteiger partial charge in [0.2, 0.25) is 0 Å². The van der Waals surface area contributed by atoms with Gasteiger partial charge in [-0.05, 0) is 63.5 Å². The standard InChI is InChI=1S/C17H25ClN4O2/c1-16(2,3)24-15(23)22-8-6-17(7-9-22)10-12(17)11-19-14-5-4-13(18)20-21-14/h4-5,12H,6-11H2,1-3H3,(H,19,21)/t12-/m0/s1. The van der Waals surface area contributed by atoms with E-state index in [0.717, 1.165) is 38.3 Å². The lowest BCUT2D eigenvalue weighted by atomic mass is 9.91. The number of amides is 1. The Hall–Kier alpha value is -1.56. The second kappa shape index (κ2) is 6.39. The summed E-state index contributed by atoms with van der Waals surface area (Å²) in [6.45, 7) is 8.16. The minimum absolute atomic E-state index is 0.191.